The van der Waals surface area contributed by atoms with Crippen LogP contribution in [-0.2, 0) is 14.1 Å². The number of hydrogen-bond acceptors (Lipinski definition) is 7. The molecule has 2 rings (SSSR count). The minimum atomic E-state index is -2.68. The van der Waals surface area contributed by atoms with E-state index in [1.54, 1.807) is 44.2 Å². The summed E-state index contributed by atoms with van der Waals surface area (Å²) in [7, 11) is -2.68. The predicted molar refractivity (Wildman–Crippen MR) is 101 cm³/mol. The van der Waals surface area contributed by atoms with E-state index >= 15 is 0 Å². The van der Waals surface area contributed by atoms with E-state index in [4.69, 9.17) is 14.1 Å². The van der Waals surface area contributed by atoms with Gasteiger partial charge in [0.2, 0.25) is 0 Å². The van der Waals surface area contributed by atoms with Gasteiger partial charge in [0.25, 0.3) is 5.69 Å². The molecular formula is C18H20N2O7P+. The van der Waals surface area contributed by atoms with Gasteiger partial charge in [-0.05, 0) is 45.0 Å². The highest BCUT2D eigenvalue weighted by atomic mass is 31.1. The summed E-state index contributed by atoms with van der Waals surface area (Å²) in [6.07, 6.45) is -0.359. The molecule has 2 atom stereocenters. The van der Waals surface area contributed by atoms with Gasteiger partial charge in [-0.25, -0.2) is 4.52 Å². The zero-order valence-electron chi connectivity index (χ0n) is 15.6. The Labute approximate surface area is 162 Å². The molecule has 0 aliphatic rings. The molecule has 2 aromatic rings. The predicted octanol–water partition coefficient (Wildman–Crippen LogP) is 4.27. The summed E-state index contributed by atoms with van der Waals surface area (Å²) in [5.74, 6) is -0.165. The second-order valence-electron chi connectivity index (χ2n) is 5.95. The highest BCUT2D eigenvalue weighted by Gasteiger charge is 2.44. The molecule has 0 amide bonds. The quantitative estimate of drug-likeness (QED) is 0.262. The summed E-state index contributed by atoms with van der Waals surface area (Å²) >= 11 is 0. The number of nitro benzene ring substituents is 1. The molecular weight excluding hydrogens is 387 g/mol. The van der Waals surface area contributed by atoms with E-state index in [0.717, 1.165) is 4.83 Å². The molecule has 0 aliphatic carbocycles. The minimum absolute atomic E-state index is 0.123. The Balaban J connectivity index is 2.19. The zero-order valence-corrected chi connectivity index (χ0v) is 16.4. The molecule has 0 radical (unpaired) electrons. The number of hydrogen-bond donors (Lipinski definition) is 0. The van der Waals surface area contributed by atoms with Gasteiger partial charge in [0.1, 0.15) is 4.83 Å². The number of ether oxygens (including phenoxy) is 1. The van der Waals surface area contributed by atoms with E-state index in [-0.39, 0.29) is 17.5 Å². The van der Waals surface area contributed by atoms with Crippen LogP contribution in [0.4, 0.5) is 5.69 Å². The van der Waals surface area contributed by atoms with Crippen LogP contribution in [0.3, 0.4) is 0 Å². The van der Waals surface area contributed by atoms with Crippen molar-refractivity contribution < 1.29 is 28.4 Å². The Morgan fingerprint density at radius 2 is 1.64 bits per heavy atom. The number of para-hydroxylation sites is 1. The number of rotatable bonds is 9. The van der Waals surface area contributed by atoms with E-state index < -0.39 is 25.1 Å². The molecule has 28 heavy (non-hydrogen) atoms. The molecule has 0 aliphatic heterocycles. The molecule has 148 valence electrons. The number of benzene rings is 2. The van der Waals surface area contributed by atoms with Crippen molar-refractivity contribution in [2.45, 2.75) is 32.9 Å². The summed E-state index contributed by atoms with van der Waals surface area (Å²) in [6, 6.07) is 12.5. The summed E-state index contributed by atoms with van der Waals surface area (Å²) < 4.78 is 23.2. The van der Waals surface area contributed by atoms with Crippen LogP contribution in [0.2, 0.25) is 0 Å². The normalized spacial score (nSPS) is 12.4. The zero-order chi connectivity index (χ0) is 20.7. The van der Waals surface area contributed by atoms with E-state index in [0.29, 0.717) is 5.75 Å². The fourth-order valence-corrected chi connectivity index (χ4v) is 2.94. The maximum atomic E-state index is 12.8. The van der Waals surface area contributed by atoms with Crippen molar-refractivity contribution in [2.24, 2.45) is 0 Å². The van der Waals surface area contributed by atoms with Crippen molar-refractivity contribution in [1.29, 1.82) is 0 Å². The first-order chi connectivity index (χ1) is 13.3. The van der Waals surface area contributed by atoms with E-state index in [1.807, 2.05) is 0 Å². The lowest BCUT2D eigenvalue weighted by Crippen LogP contribution is -2.39. The third-order valence-electron chi connectivity index (χ3n) is 3.36. The summed E-state index contributed by atoms with van der Waals surface area (Å²) in [5.41, 5.74) is -0.131. The van der Waals surface area contributed by atoms with Gasteiger partial charge in [-0.2, -0.15) is 0 Å². The van der Waals surface area contributed by atoms with E-state index in [9.17, 15) is 19.5 Å². The molecule has 2 unspecified atom stereocenters. The minimum Gasteiger partial charge on any atom is -0.462 e. The number of carbonyl (C=O) groups excluding carboxylic acids is 1. The molecule has 0 spiro atoms. The lowest BCUT2D eigenvalue weighted by molar-refractivity contribution is -0.384. The highest BCUT2D eigenvalue weighted by Crippen LogP contribution is 2.35. The lowest BCUT2D eigenvalue weighted by atomic mass is 10.3. The Bertz CT molecular complexity index is 828. The van der Waals surface area contributed by atoms with Crippen molar-refractivity contribution in [1.82, 2.24) is 4.83 Å². The van der Waals surface area contributed by atoms with Crippen molar-refractivity contribution in [3.05, 3.63) is 64.7 Å². The second-order valence-corrected chi connectivity index (χ2v) is 7.00. The number of esters is 1. The van der Waals surface area contributed by atoms with Crippen molar-refractivity contribution in [3.8, 4) is 11.5 Å². The Morgan fingerprint density at radius 1 is 1.04 bits per heavy atom. The van der Waals surface area contributed by atoms with Gasteiger partial charge in [0, 0.05) is 16.7 Å². The number of nitrogens with zero attached hydrogens (tertiary/aromatic N) is 2. The van der Waals surface area contributed by atoms with Crippen LogP contribution in [0.1, 0.15) is 20.8 Å². The monoisotopic (exact) mass is 407 g/mol. The summed E-state index contributed by atoms with van der Waals surface area (Å²) in [5, 5.41) is 10.7. The average molecular weight is 407 g/mol. The molecule has 2 aromatic carbocycles. The Hall–Kier alpha value is -3.03. The molecule has 0 saturated heterocycles. The van der Waals surface area contributed by atoms with Crippen LogP contribution in [0, 0.1) is 10.1 Å². The molecule has 0 N–H and O–H groups in total. The molecule has 0 aromatic heterocycles. The van der Waals surface area contributed by atoms with Crippen LogP contribution in [-0.4, -0.2) is 27.9 Å². The van der Waals surface area contributed by atoms with E-state index in [2.05, 4.69) is 0 Å². The average Bonchev–Trinajstić information content (AvgIpc) is 2.66. The first-order valence-electron chi connectivity index (χ1n) is 8.40. The molecule has 0 heterocycles. The molecule has 10 heteroatoms. The molecule has 0 bridgehead atoms. The Morgan fingerprint density at radius 3 is 2.18 bits per heavy atom. The summed E-state index contributed by atoms with van der Waals surface area (Å²) in [6.45, 7) is 4.86. The first-order valence-corrected chi connectivity index (χ1v) is 9.53. The fourth-order valence-electron chi connectivity index (χ4n) is 2.02. The molecule has 0 fully saturated rings. The number of carbonyl (C=O) groups is 1. The van der Waals surface area contributed by atoms with Gasteiger partial charge in [-0.3, -0.25) is 14.9 Å². The SMILES string of the molecule is CC(C)OC(=O)C(C)N(Oc1ccccc1)[P+](=O)Oc1ccc([N+](=O)[O-])cc1. The van der Waals surface area contributed by atoms with Crippen LogP contribution >= 0.6 is 8.18 Å². The number of hydroxylamine groups is 1. The maximum Gasteiger partial charge on any atom is 0.703 e. The third-order valence-corrected chi connectivity index (χ3v) is 4.48. The van der Waals surface area contributed by atoms with Gasteiger partial charge in [0.05, 0.1) is 11.0 Å². The number of nitro groups is 1. The smallest absolute Gasteiger partial charge is 0.462 e. The Kier molecular flexibility index (Phi) is 7.43. The van der Waals surface area contributed by atoms with Crippen molar-refractivity contribution in [2.75, 3.05) is 0 Å². The van der Waals surface area contributed by atoms with Gasteiger partial charge < -0.3 is 9.57 Å². The van der Waals surface area contributed by atoms with Crippen LogP contribution in [0.15, 0.2) is 54.6 Å². The first kappa shape index (κ1) is 21.3. The van der Waals surface area contributed by atoms with Crippen molar-refractivity contribution >= 4 is 19.8 Å². The van der Waals surface area contributed by atoms with Gasteiger partial charge in [0.15, 0.2) is 17.5 Å². The molecule has 9 nitrogen and oxygen atoms in total. The van der Waals surface area contributed by atoms with Crippen LogP contribution < -0.4 is 9.36 Å². The van der Waals surface area contributed by atoms with Gasteiger partial charge in [-0.15, -0.1) is 0 Å². The summed E-state index contributed by atoms with van der Waals surface area (Å²) in [4.78, 5) is 28.9. The maximum absolute atomic E-state index is 12.8. The van der Waals surface area contributed by atoms with Crippen molar-refractivity contribution in [3.63, 3.8) is 0 Å². The fraction of sp³-hybridized carbons (Fsp3) is 0.278. The van der Waals surface area contributed by atoms with E-state index in [1.165, 1.54) is 31.2 Å². The topological polar surface area (TPSA) is 108 Å². The van der Waals surface area contributed by atoms with Crippen LogP contribution in [0.5, 0.6) is 11.5 Å². The number of non-ortho nitro benzene ring substituents is 1. The van der Waals surface area contributed by atoms with Gasteiger partial charge >= 0.3 is 14.1 Å². The lowest BCUT2D eigenvalue weighted by Gasteiger charge is -2.18. The second kappa shape index (κ2) is 9.77. The largest absolute Gasteiger partial charge is 0.703 e. The standard InChI is InChI=1S/C18H20N2O7P/c1-13(2)25-18(21)14(3)20(26-16-7-5-4-6-8-16)28(24)27-17-11-9-15(10-12-17)19(22)23/h4-14H,1-3H3/q+1. The molecule has 0 saturated carbocycles. The third kappa shape index (κ3) is 6.00. The van der Waals surface area contributed by atoms with Crippen LogP contribution in [0.25, 0.3) is 0 Å². The van der Waals surface area contributed by atoms with Gasteiger partial charge in [-0.1, -0.05) is 18.2 Å². The highest BCUT2D eigenvalue weighted by molar-refractivity contribution is 7.36.